The highest BCUT2D eigenvalue weighted by Crippen LogP contribution is 2.25. The quantitative estimate of drug-likeness (QED) is 0.644. The number of nitrogens with zero attached hydrogens (tertiary/aromatic N) is 2. The van der Waals surface area contributed by atoms with Crippen LogP contribution in [0.2, 0.25) is 0 Å². The van der Waals surface area contributed by atoms with Gasteiger partial charge in [0.25, 0.3) is 0 Å². The van der Waals surface area contributed by atoms with Crippen molar-refractivity contribution in [2.45, 2.75) is 13.5 Å². The van der Waals surface area contributed by atoms with Crippen molar-refractivity contribution in [3.63, 3.8) is 0 Å². The molecule has 2 N–H and O–H groups in total. The highest BCUT2D eigenvalue weighted by atomic mass is 79.9. The van der Waals surface area contributed by atoms with E-state index in [1.54, 1.807) is 24.4 Å². The summed E-state index contributed by atoms with van der Waals surface area (Å²) < 4.78 is 14.6. The zero-order valence-corrected chi connectivity index (χ0v) is 14.6. The number of hydrogen-bond acceptors (Lipinski definition) is 4. The average molecular weight is 387 g/mol. The van der Waals surface area contributed by atoms with Crippen LogP contribution in [0.1, 0.15) is 11.1 Å². The van der Waals surface area contributed by atoms with Crippen LogP contribution in [-0.2, 0) is 6.54 Å². The molecule has 1 heterocycles. The third kappa shape index (κ3) is 4.08. The van der Waals surface area contributed by atoms with E-state index in [2.05, 4.69) is 36.5 Å². The molecule has 0 aliphatic carbocycles. The normalized spacial score (nSPS) is 10.5. The Morgan fingerprint density at radius 3 is 2.75 bits per heavy atom. The Morgan fingerprint density at radius 1 is 1.12 bits per heavy atom. The fourth-order valence-corrected chi connectivity index (χ4v) is 2.78. The fourth-order valence-electron chi connectivity index (χ4n) is 2.19. The van der Waals surface area contributed by atoms with Crippen molar-refractivity contribution in [3.05, 3.63) is 76.1 Å². The molecule has 0 saturated heterocycles. The number of nitrogens with one attached hydrogen (secondary N) is 2. The second-order valence-electron chi connectivity index (χ2n) is 5.32. The van der Waals surface area contributed by atoms with Gasteiger partial charge in [-0.1, -0.05) is 24.3 Å². The van der Waals surface area contributed by atoms with Gasteiger partial charge in [0.15, 0.2) is 0 Å². The van der Waals surface area contributed by atoms with E-state index in [0.29, 0.717) is 23.9 Å². The molecule has 0 aliphatic rings. The van der Waals surface area contributed by atoms with Gasteiger partial charge in [-0.2, -0.15) is 4.98 Å². The maximum absolute atomic E-state index is 13.6. The Labute approximate surface area is 148 Å². The van der Waals surface area contributed by atoms with Crippen LogP contribution in [0.4, 0.5) is 21.8 Å². The number of hydrogen-bond donors (Lipinski definition) is 2. The lowest BCUT2D eigenvalue weighted by Gasteiger charge is -2.10. The molecule has 2 aromatic carbocycles. The minimum Gasteiger partial charge on any atom is -0.366 e. The molecule has 24 heavy (non-hydrogen) atoms. The van der Waals surface area contributed by atoms with Gasteiger partial charge < -0.3 is 10.6 Å². The molecule has 1 aromatic heterocycles. The summed E-state index contributed by atoms with van der Waals surface area (Å²) in [5.41, 5.74) is 2.63. The zero-order valence-electron chi connectivity index (χ0n) is 13.1. The van der Waals surface area contributed by atoms with E-state index in [0.717, 1.165) is 15.7 Å². The summed E-state index contributed by atoms with van der Waals surface area (Å²) in [6.45, 7) is 2.38. The van der Waals surface area contributed by atoms with Crippen molar-refractivity contribution in [3.8, 4) is 0 Å². The molecule has 122 valence electrons. The Hall–Kier alpha value is -2.47. The lowest BCUT2D eigenvalue weighted by atomic mass is 10.2. The molecule has 0 saturated carbocycles. The van der Waals surface area contributed by atoms with E-state index in [-0.39, 0.29) is 5.82 Å². The smallest absolute Gasteiger partial charge is 0.229 e. The Kier molecular flexibility index (Phi) is 5.05. The molecule has 4 nitrogen and oxygen atoms in total. The van der Waals surface area contributed by atoms with Gasteiger partial charge in [0.05, 0.1) is 5.69 Å². The summed E-state index contributed by atoms with van der Waals surface area (Å²) in [4.78, 5) is 8.61. The van der Waals surface area contributed by atoms with Crippen LogP contribution >= 0.6 is 15.9 Å². The lowest BCUT2D eigenvalue weighted by Crippen LogP contribution is -2.05. The molecule has 3 rings (SSSR count). The molecule has 0 radical (unpaired) electrons. The van der Waals surface area contributed by atoms with Crippen LogP contribution in [0.5, 0.6) is 0 Å². The second-order valence-corrected chi connectivity index (χ2v) is 6.17. The number of halogens is 2. The highest BCUT2D eigenvalue weighted by Gasteiger charge is 2.05. The summed E-state index contributed by atoms with van der Waals surface area (Å²) in [6, 6.07) is 14.4. The van der Waals surface area contributed by atoms with E-state index in [9.17, 15) is 4.39 Å². The summed E-state index contributed by atoms with van der Waals surface area (Å²) in [7, 11) is 0. The molecule has 0 amide bonds. The largest absolute Gasteiger partial charge is 0.366 e. The van der Waals surface area contributed by atoms with E-state index in [1.165, 1.54) is 6.07 Å². The fraction of sp³-hybridized carbons (Fsp3) is 0.111. The van der Waals surface area contributed by atoms with E-state index < -0.39 is 0 Å². The summed E-state index contributed by atoms with van der Waals surface area (Å²) in [5.74, 6) is 0.859. The first-order valence-electron chi connectivity index (χ1n) is 7.45. The van der Waals surface area contributed by atoms with Gasteiger partial charge in [0.1, 0.15) is 11.6 Å². The average Bonchev–Trinajstić information content (AvgIpc) is 2.57. The van der Waals surface area contributed by atoms with Gasteiger partial charge in [0, 0.05) is 22.8 Å². The number of aromatic nitrogens is 2. The number of rotatable bonds is 5. The van der Waals surface area contributed by atoms with Crippen molar-refractivity contribution >= 4 is 33.4 Å². The molecule has 0 bridgehead atoms. The topological polar surface area (TPSA) is 49.8 Å². The molecule has 3 aromatic rings. The molecular formula is C18H16BrFN4. The predicted octanol–water partition coefficient (Wildman–Crippen LogP) is 5.04. The standard InChI is InChI=1S/C18H16BrFN4/c1-12-6-7-16(14(19)10-12)23-18-21-9-8-17(24-18)22-11-13-4-2-3-5-15(13)20/h2-10H,11H2,1H3,(H2,21,22,23,24). The number of anilines is 3. The number of aryl methyl sites for hydroxylation is 1. The van der Waals surface area contributed by atoms with Crippen molar-refractivity contribution in [1.29, 1.82) is 0 Å². The van der Waals surface area contributed by atoms with E-state index >= 15 is 0 Å². The maximum Gasteiger partial charge on any atom is 0.229 e. The molecular weight excluding hydrogens is 371 g/mol. The van der Waals surface area contributed by atoms with Gasteiger partial charge in [-0.05, 0) is 52.7 Å². The van der Waals surface area contributed by atoms with Crippen LogP contribution in [0.15, 0.2) is 59.2 Å². The number of benzene rings is 2. The first-order chi connectivity index (χ1) is 11.6. The first kappa shape index (κ1) is 16.4. The van der Waals surface area contributed by atoms with Gasteiger partial charge >= 0.3 is 0 Å². The van der Waals surface area contributed by atoms with Crippen molar-refractivity contribution in [2.75, 3.05) is 10.6 Å². The maximum atomic E-state index is 13.6. The van der Waals surface area contributed by atoms with Gasteiger partial charge in [-0.25, -0.2) is 9.37 Å². The molecule has 0 atom stereocenters. The van der Waals surface area contributed by atoms with Crippen molar-refractivity contribution in [2.24, 2.45) is 0 Å². The van der Waals surface area contributed by atoms with E-state index in [1.807, 2.05) is 31.2 Å². The third-order valence-electron chi connectivity index (χ3n) is 3.44. The van der Waals surface area contributed by atoms with Crippen LogP contribution < -0.4 is 10.6 Å². The molecule has 0 fully saturated rings. The van der Waals surface area contributed by atoms with Crippen LogP contribution in [0.25, 0.3) is 0 Å². The van der Waals surface area contributed by atoms with Gasteiger partial charge in [0.2, 0.25) is 5.95 Å². The molecule has 0 aliphatic heterocycles. The highest BCUT2D eigenvalue weighted by molar-refractivity contribution is 9.10. The summed E-state index contributed by atoms with van der Waals surface area (Å²) in [5, 5.41) is 6.28. The van der Waals surface area contributed by atoms with Crippen molar-refractivity contribution in [1.82, 2.24) is 9.97 Å². The Morgan fingerprint density at radius 2 is 1.96 bits per heavy atom. The second kappa shape index (κ2) is 7.40. The molecule has 0 spiro atoms. The minimum atomic E-state index is -0.235. The molecule has 6 heteroatoms. The summed E-state index contributed by atoms with van der Waals surface area (Å²) >= 11 is 3.52. The van der Waals surface area contributed by atoms with Gasteiger partial charge in [-0.15, -0.1) is 0 Å². The minimum absolute atomic E-state index is 0.235. The first-order valence-corrected chi connectivity index (χ1v) is 8.24. The molecule has 0 unspecified atom stereocenters. The van der Waals surface area contributed by atoms with Crippen molar-refractivity contribution < 1.29 is 4.39 Å². The Balaban J connectivity index is 1.71. The lowest BCUT2D eigenvalue weighted by molar-refractivity contribution is 0.613. The SMILES string of the molecule is Cc1ccc(Nc2nccc(NCc3ccccc3F)n2)c(Br)c1. The van der Waals surface area contributed by atoms with Gasteiger partial charge in [-0.3, -0.25) is 0 Å². The van der Waals surface area contributed by atoms with Crippen LogP contribution in [-0.4, -0.2) is 9.97 Å². The predicted molar refractivity (Wildman–Crippen MR) is 97.9 cm³/mol. The monoisotopic (exact) mass is 386 g/mol. The zero-order chi connectivity index (χ0) is 16.9. The van der Waals surface area contributed by atoms with Crippen LogP contribution in [0, 0.1) is 12.7 Å². The van der Waals surface area contributed by atoms with Crippen LogP contribution in [0.3, 0.4) is 0 Å². The summed E-state index contributed by atoms with van der Waals surface area (Å²) in [6.07, 6.45) is 1.65. The Bertz CT molecular complexity index is 854. The van der Waals surface area contributed by atoms with E-state index in [4.69, 9.17) is 0 Å². The third-order valence-corrected chi connectivity index (χ3v) is 4.10.